The summed E-state index contributed by atoms with van der Waals surface area (Å²) in [5.41, 5.74) is 3.64. The molecule has 0 unspecified atom stereocenters. The molecule has 1 aliphatic rings. The van der Waals surface area contributed by atoms with Gasteiger partial charge in [-0.25, -0.2) is 0 Å². The fourth-order valence-corrected chi connectivity index (χ4v) is 2.73. The molecule has 0 bridgehead atoms. The highest BCUT2D eigenvalue weighted by Crippen LogP contribution is 2.22. The van der Waals surface area contributed by atoms with E-state index in [4.69, 9.17) is 0 Å². The van der Waals surface area contributed by atoms with Crippen molar-refractivity contribution in [3.63, 3.8) is 0 Å². The van der Waals surface area contributed by atoms with Crippen molar-refractivity contribution in [2.24, 2.45) is 0 Å². The number of nitrogens with one attached hydrogen (secondary N) is 1. The van der Waals surface area contributed by atoms with E-state index in [1.807, 2.05) is 43.3 Å². The van der Waals surface area contributed by atoms with E-state index in [2.05, 4.69) is 5.32 Å². The van der Waals surface area contributed by atoms with Crippen molar-refractivity contribution < 1.29 is 9.59 Å². The Bertz CT molecular complexity index is 722. The van der Waals surface area contributed by atoms with E-state index in [-0.39, 0.29) is 11.8 Å². The normalized spacial score (nSPS) is 14.1. The third-order valence-electron chi connectivity index (χ3n) is 4.07. The van der Waals surface area contributed by atoms with Crippen molar-refractivity contribution >= 4 is 17.5 Å². The third-order valence-corrected chi connectivity index (χ3v) is 4.07. The Hall–Kier alpha value is -2.62. The molecule has 0 radical (unpaired) electrons. The van der Waals surface area contributed by atoms with Crippen LogP contribution in [0.25, 0.3) is 0 Å². The monoisotopic (exact) mass is 308 g/mol. The molecule has 23 heavy (non-hydrogen) atoms. The fraction of sp³-hybridized carbons (Fsp3) is 0.263. The predicted molar refractivity (Wildman–Crippen MR) is 90.4 cm³/mol. The van der Waals surface area contributed by atoms with E-state index in [0.717, 1.165) is 24.2 Å². The van der Waals surface area contributed by atoms with Crippen LogP contribution in [0.2, 0.25) is 0 Å². The van der Waals surface area contributed by atoms with Crippen molar-refractivity contribution in [1.29, 1.82) is 0 Å². The number of hydrogen-bond donors (Lipinski definition) is 1. The number of rotatable bonds is 4. The number of amides is 2. The molecule has 3 rings (SSSR count). The van der Waals surface area contributed by atoms with E-state index in [0.29, 0.717) is 18.5 Å². The lowest BCUT2D eigenvalue weighted by molar-refractivity contribution is -0.117. The molecule has 4 nitrogen and oxygen atoms in total. The summed E-state index contributed by atoms with van der Waals surface area (Å²) in [6.07, 6.45) is 1.46. The second kappa shape index (κ2) is 6.65. The summed E-state index contributed by atoms with van der Waals surface area (Å²) in [6, 6.07) is 15.3. The van der Waals surface area contributed by atoms with Crippen LogP contribution in [0.1, 0.15) is 34.3 Å². The number of carbonyl (C=O) groups is 2. The summed E-state index contributed by atoms with van der Waals surface area (Å²) in [7, 11) is 0. The molecule has 2 aromatic rings. The zero-order valence-corrected chi connectivity index (χ0v) is 13.2. The van der Waals surface area contributed by atoms with Gasteiger partial charge in [0.25, 0.3) is 5.91 Å². The summed E-state index contributed by atoms with van der Waals surface area (Å²) in [5, 5.41) is 2.92. The first-order valence-corrected chi connectivity index (χ1v) is 7.88. The van der Waals surface area contributed by atoms with Gasteiger partial charge in [0, 0.05) is 30.8 Å². The maximum Gasteiger partial charge on any atom is 0.251 e. The molecule has 1 heterocycles. The first kappa shape index (κ1) is 15.3. The van der Waals surface area contributed by atoms with Crippen molar-refractivity contribution in [1.82, 2.24) is 5.32 Å². The largest absolute Gasteiger partial charge is 0.348 e. The van der Waals surface area contributed by atoms with Crippen LogP contribution in [0.3, 0.4) is 0 Å². The summed E-state index contributed by atoms with van der Waals surface area (Å²) in [6.45, 7) is 3.26. The van der Waals surface area contributed by atoms with Gasteiger partial charge in [-0.2, -0.15) is 0 Å². The highest BCUT2D eigenvalue weighted by atomic mass is 16.2. The van der Waals surface area contributed by atoms with Gasteiger partial charge in [0.1, 0.15) is 0 Å². The molecule has 1 aliphatic heterocycles. The first-order valence-electron chi connectivity index (χ1n) is 7.88. The van der Waals surface area contributed by atoms with Gasteiger partial charge in [0.15, 0.2) is 0 Å². The number of aryl methyl sites for hydroxylation is 1. The lowest BCUT2D eigenvalue weighted by Crippen LogP contribution is -2.25. The topological polar surface area (TPSA) is 49.4 Å². The van der Waals surface area contributed by atoms with E-state index in [9.17, 15) is 9.59 Å². The summed E-state index contributed by atoms with van der Waals surface area (Å²) >= 11 is 0. The van der Waals surface area contributed by atoms with Gasteiger partial charge in [0.05, 0.1) is 0 Å². The van der Waals surface area contributed by atoms with Gasteiger partial charge in [-0.3, -0.25) is 9.59 Å². The molecule has 0 aliphatic carbocycles. The Morgan fingerprint density at radius 2 is 1.96 bits per heavy atom. The molecule has 1 N–H and O–H groups in total. The molecule has 0 spiro atoms. The molecule has 118 valence electrons. The quantitative estimate of drug-likeness (QED) is 0.943. The Labute approximate surface area is 136 Å². The van der Waals surface area contributed by atoms with Crippen LogP contribution >= 0.6 is 0 Å². The minimum Gasteiger partial charge on any atom is -0.348 e. The third kappa shape index (κ3) is 3.59. The molecule has 1 fully saturated rings. The standard InChI is InChI=1S/C19H20N2O2/c1-14-7-9-15(10-8-14)13-20-19(23)16-4-2-5-17(12-16)21-11-3-6-18(21)22/h2,4-5,7-10,12H,3,6,11,13H2,1H3,(H,20,23). The van der Waals surface area contributed by atoms with Gasteiger partial charge >= 0.3 is 0 Å². The summed E-state index contributed by atoms with van der Waals surface area (Å²) in [4.78, 5) is 25.9. The Morgan fingerprint density at radius 1 is 1.17 bits per heavy atom. The Morgan fingerprint density at radius 3 is 2.65 bits per heavy atom. The number of benzene rings is 2. The van der Waals surface area contributed by atoms with Crippen molar-refractivity contribution in [3.8, 4) is 0 Å². The lowest BCUT2D eigenvalue weighted by Gasteiger charge is -2.16. The molecule has 2 aromatic carbocycles. The molecule has 0 aromatic heterocycles. The van der Waals surface area contributed by atoms with E-state index < -0.39 is 0 Å². The fourth-order valence-electron chi connectivity index (χ4n) is 2.73. The highest BCUT2D eigenvalue weighted by molar-refractivity contribution is 5.99. The zero-order valence-electron chi connectivity index (χ0n) is 13.2. The van der Waals surface area contributed by atoms with Crippen molar-refractivity contribution in [3.05, 3.63) is 65.2 Å². The first-order chi connectivity index (χ1) is 11.1. The van der Waals surface area contributed by atoms with E-state index >= 15 is 0 Å². The van der Waals surface area contributed by atoms with Crippen LogP contribution in [-0.2, 0) is 11.3 Å². The zero-order chi connectivity index (χ0) is 16.2. The van der Waals surface area contributed by atoms with E-state index in [1.54, 1.807) is 17.0 Å². The van der Waals surface area contributed by atoms with Gasteiger partial charge < -0.3 is 10.2 Å². The van der Waals surface area contributed by atoms with Gasteiger partial charge in [-0.15, -0.1) is 0 Å². The Kier molecular flexibility index (Phi) is 4.42. The van der Waals surface area contributed by atoms with Crippen LogP contribution in [0.4, 0.5) is 5.69 Å². The maximum absolute atomic E-state index is 12.3. The molecule has 2 amide bonds. The molecule has 0 atom stereocenters. The maximum atomic E-state index is 12.3. The summed E-state index contributed by atoms with van der Waals surface area (Å²) < 4.78 is 0. The average Bonchev–Trinajstić information content (AvgIpc) is 3.00. The number of anilines is 1. The van der Waals surface area contributed by atoms with Crippen molar-refractivity contribution in [2.45, 2.75) is 26.3 Å². The number of nitrogens with zero attached hydrogens (tertiary/aromatic N) is 1. The summed E-state index contributed by atoms with van der Waals surface area (Å²) in [5.74, 6) is 0.00119. The van der Waals surface area contributed by atoms with E-state index in [1.165, 1.54) is 5.56 Å². The molecule has 0 saturated carbocycles. The smallest absolute Gasteiger partial charge is 0.251 e. The minimum atomic E-state index is -0.126. The number of hydrogen-bond acceptors (Lipinski definition) is 2. The van der Waals surface area contributed by atoms with Gasteiger partial charge in [0.2, 0.25) is 5.91 Å². The van der Waals surface area contributed by atoms with Crippen LogP contribution in [-0.4, -0.2) is 18.4 Å². The predicted octanol–water partition coefficient (Wildman–Crippen LogP) is 3.05. The molecular weight excluding hydrogens is 288 g/mol. The molecule has 4 heteroatoms. The molecular formula is C19H20N2O2. The van der Waals surface area contributed by atoms with Gasteiger partial charge in [-0.1, -0.05) is 35.9 Å². The van der Waals surface area contributed by atoms with Gasteiger partial charge in [-0.05, 0) is 37.1 Å². The minimum absolute atomic E-state index is 0.126. The van der Waals surface area contributed by atoms with Crippen LogP contribution < -0.4 is 10.2 Å². The SMILES string of the molecule is Cc1ccc(CNC(=O)c2cccc(N3CCCC3=O)c2)cc1. The van der Waals surface area contributed by atoms with Crippen molar-refractivity contribution in [2.75, 3.05) is 11.4 Å². The molecule has 1 saturated heterocycles. The highest BCUT2D eigenvalue weighted by Gasteiger charge is 2.22. The Balaban J connectivity index is 1.67. The second-order valence-corrected chi connectivity index (χ2v) is 5.87. The second-order valence-electron chi connectivity index (χ2n) is 5.87. The average molecular weight is 308 g/mol. The van der Waals surface area contributed by atoms with Crippen LogP contribution in [0, 0.1) is 6.92 Å². The van der Waals surface area contributed by atoms with Crippen LogP contribution in [0.15, 0.2) is 48.5 Å². The number of carbonyl (C=O) groups excluding carboxylic acids is 2. The lowest BCUT2D eigenvalue weighted by atomic mass is 10.1. The van der Waals surface area contributed by atoms with Crippen LogP contribution in [0.5, 0.6) is 0 Å².